The van der Waals surface area contributed by atoms with Crippen LogP contribution in [0, 0.1) is 6.92 Å². The molecular formula is C20H22N4O. The van der Waals surface area contributed by atoms with Crippen LogP contribution in [0.25, 0.3) is 0 Å². The SMILES string of the molecule is Cc1nnc2n1CC(NCc1cccc(Oc3ccccc3)c1)CC2. The van der Waals surface area contributed by atoms with Crippen LogP contribution in [-0.2, 0) is 19.5 Å². The highest BCUT2D eigenvalue weighted by molar-refractivity contribution is 5.33. The number of hydrogen-bond acceptors (Lipinski definition) is 4. The van der Waals surface area contributed by atoms with Crippen molar-refractivity contribution >= 4 is 0 Å². The second-order valence-corrected chi connectivity index (χ2v) is 6.45. The van der Waals surface area contributed by atoms with Crippen LogP contribution in [0.15, 0.2) is 54.6 Å². The van der Waals surface area contributed by atoms with E-state index in [4.69, 9.17) is 4.74 Å². The van der Waals surface area contributed by atoms with Gasteiger partial charge >= 0.3 is 0 Å². The van der Waals surface area contributed by atoms with Crippen molar-refractivity contribution in [3.8, 4) is 11.5 Å². The number of aromatic nitrogens is 3. The van der Waals surface area contributed by atoms with E-state index in [0.29, 0.717) is 6.04 Å². The molecular weight excluding hydrogens is 312 g/mol. The molecule has 25 heavy (non-hydrogen) atoms. The summed E-state index contributed by atoms with van der Waals surface area (Å²) in [5, 5.41) is 12.1. The maximum atomic E-state index is 5.91. The van der Waals surface area contributed by atoms with Crippen LogP contribution in [0.1, 0.15) is 23.6 Å². The standard InChI is InChI=1S/C20H22N4O/c1-15-22-23-20-11-10-17(14-24(15)20)21-13-16-6-5-9-19(12-16)25-18-7-3-2-4-8-18/h2-9,12,17,21H,10-11,13-14H2,1H3. The van der Waals surface area contributed by atoms with Gasteiger partial charge in [0.05, 0.1) is 0 Å². The van der Waals surface area contributed by atoms with Crippen LogP contribution >= 0.6 is 0 Å². The van der Waals surface area contributed by atoms with Crippen LogP contribution in [0.5, 0.6) is 11.5 Å². The van der Waals surface area contributed by atoms with E-state index in [-0.39, 0.29) is 0 Å². The number of nitrogens with one attached hydrogen (secondary N) is 1. The Labute approximate surface area is 147 Å². The molecule has 1 atom stereocenters. The van der Waals surface area contributed by atoms with Gasteiger partial charge in [0, 0.05) is 25.6 Å². The molecule has 4 rings (SSSR count). The Morgan fingerprint density at radius 3 is 2.80 bits per heavy atom. The van der Waals surface area contributed by atoms with Gasteiger partial charge in [0.2, 0.25) is 0 Å². The quantitative estimate of drug-likeness (QED) is 0.776. The van der Waals surface area contributed by atoms with E-state index in [2.05, 4.69) is 32.2 Å². The fourth-order valence-electron chi connectivity index (χ4n) is 3.23. The smallest absolute Gasteiger partial charge is 0.133 e. The third-order valence-electron chi connectivity index (χ3n) is 4.60. The van der Waals surface area contributed by atoms with Gasteiger partial charge in [-0.15, -0.1) is 10.2 Å². The van der Waals surface area contributed by atoms with Crippen LogP contribution in [0.2, 0.25) is 0 Å². The summed E-state index contributed by atoms with van der Waals surface area (Å²) in [4.78, 5) is 0. The van der Waals surface area contributed by atoms with E-state index in [0.717, 1.165) is 49.1 Å². The number of aryl methyl sites for hydroxylation is 2. The van der Waals surface area contributed by atoms with Crippen molar-refractivity contribution in [1.29, 1.82) is 0 Å². The number of ether oxygens (including phenoxy) is 1. The van der Waals surface area contributed by atoms with Gasteiger partial charge in [-0.25, -0.2) is 0 Å². The summed E-state index contributed by atoms with van der Waals surface area (Å²) in [6.45, 7) is 3.78. The van der Waals surface area contributed by atoms with E-state index in [9.17, 15) is 0 Å². The number of rotatable bonds is 5. The highest BCUT2D eigenvalue weighted by atomic mass is 16.5. The lowest BCUT2D eigenvalue weighted by molar-refractivity contribution is 0.375. The Bertz CT molecular complexity index is 844. The van der Waals surface area contributed by atoms with Gasteiger partial charge in [0.25, 0.3) is 0 Å². The molecule has 0 bridgehead atoms. The summed E-state index contributed by atoms with van der Waals surface area (Å²) in [6, 6.07) is 18.6. The molecule has 0 fully saturated rings. The zero-order valence-electron chi connectivity index (χ0n) is 14.4. The number of hydrogen-bond donors (Lipinski definition) is 1. The van der Waals surface area contributed by atoms with Gasteiger partial charge in [-0.3, -0.25) is 0 Å². The lowest BCUT2D eigenvalue weighted by Crippen LogP contribution is -2.37. The topological polar surface area (TPSA) is 52.0 Å². The monoisotopic (exact) mass is 334 g/mol. The first-order valence-corrected chi connectivity index (χ1v) is 8.72. The minimum atomic E-state index is 0.445. The highest BCUT2D eigenvalue weighted by Crippen LogP contribution is 2.22. The fraction of sp³-hybridized carbons (Fsp3) is 0.300. The van der Waals surface area contributed by atoms with E-state index in [1.807, 2.05) is 49.4 Å². The van der Waals surface area contributed by atoms with E-state index < -0.39 is 0 Å². The third-order valence-corrected chi connectivity index (χ3v) is 4.60. The molecule has 0 radical (unpaired) electrons. The fourth-order valence-corrected chi connectivity index (χ4v) is 3.23. The number of benzene rings is 2. The van der Waals surface area contributed by atoms with Crippen molar-refractivity contribution in [1.82, 2.24) is 20.1 Å². The summed E-state index contributed by atoms with van der Waals surface area (Å²) in [5.74, 6) is 3.83. The second kappa shape index (κ2) is 7.07. The molecule has 5 heteroatoms. The maximum absolute atomic E-state index is 5.91. The van der Waals surface area contributed by atoms with Crippen molar-refractivity contribution in [3.63, 3.8) is 0 Å². The molecule has 1 aliphatic rings. The first-order chi connectivity index (χ1) is 12.3. The van der Waals surface area contributed by atoms with Gasteiger partial charge in [-0.2, -0.15) is 0 Å². The number of nitrogens with zero attached hydrogens (tertiary/aromatic N) is 3. The molecule has 1 N–H and O–H groups in total. The molecule has 0 saturated heterocycles. The van der Waals surface area contributed by atoms with Crippen LogP contribution < -0.4 is 10.1 Å². The highest BCUT2D eigenvalue weighted by Gasteiger charge is 2.20. The molecule has 2 heterocycles. The predicted molar refractivity (Wildman–Crippen MR) is 96.7 cm³/mol. The minimum Gasteiger partial charge on any atom is -0.457 e. The Kier molecular flexibility index (Phi) is 4.48. The Morgan fingerprint density at radius 2 is 1.92 bits per heavy atom. The van der Waals surface area contributed by atoms with Crippen molar-refractivity contribution in [3.05, 3.63) is 71.8 Å². The summed E-state index contributed by atoms with van der Waals surface area (Å²) in [6.07, 6.45) is 2.08. The molecule has 1 aliphatic heterocycles. The van der Waals surface area contributed by atoms with Crippen LogP contribution in [-0.4, -0.2) is 20.8 Å². The van der Waals surface area contributed by atoms with Crippen LogP contribution in [0.3, 0.4) is 0 Å². The molecule has 0 saturated carbocycles. The Balaban J connectivity index is 1.37. The zero-order valence-corrected chi connectivity index (χ0v) is 14.4. The first kappa shape index (κ1) is 15.8. The Hall–Kier alpha value is -2.66. The molecule has 128 valence electrons. The molecule has 1 aromatic heterocycles. The summed E-state index contributed by atoms with van der Waals surface area (Å²) >= 11 is 0. The molecule has 0 amide bonds. The molecule has 5 nitrogen and oxygen atoms in total. The number of fused-ring (bicyclic) bond motifs is 1. The van der Waals surface area contributed by atoms with Crippen LogP contribution in [0.4, 0.5) is 0 Å². The minimum absolute atomic E-state index is 0.445. The Morgan fingerprint density at radius 1 is 1.08 bits per heavy atom. The normalized spacial score (nSPS) is 16.4. The molecule has 2 aromatic carbocycles. The summed E-state index contributed by atoms with van der Waals surface area (Å²) < 4.78 is 8.13. The van der Waals surface area contributed by atoms with Gasteiger partial charge in [0.15, 0.2) is 0 Å². The van der Waals surface area contributed by atoms with Crippen molar-refractivity contribution in [2.45, 2.75) is 38.9 Å². The van der Waals surface area contributed by atoms with E-state index in [1.54, 1.807) is 0 Å². The molecule has 0 aliphatic carbocycles. The first-order valence-electron chi connectivity index (χ1n) is 8.72. The molecule has 3 aromatic rings. The summed E-state index contributed by atoms with van der Waals surface area (Å²) in [7, 11) is 0. The van der Waals surface area contributed by atoms with E-state index >= 15 is 0 Å². The van der Waals surface area contributed by atoms with Gasteiger partial charge in [-0.05, 0) is 43.2 Å². The predicted octanol–water partition coefficient (Wildman–Crippen LogP) is 3.48. The zero-order chi connectivity index (χ0) is 17.1. The van der Waals surface area contributed by atoms with Gasteiger partial charge < -0.3 is 14.6 Å². The van der Waals surface area contributed by atoms with E-state index in [1.165, 1.54) is 5.56 Å². The van der Waals surface area contributed by atoms with Crippen molar-refractivity contribution in [2.75, 3.05) is 0 Å². The molecule has 1 unspecified atom stereocenters. The average molecular weight is 334 g/mol. The average Bonchev–Trinajstić information content (AvgIpc) is 3.02. The lowest BCUT2D eigenvalue weighted by atomic mass is 10.1. The van der Waals surface area contributed by atoms with Gasteiger partial charge in [-0.1, -0.05) is 30.3 Å². The second-order valence-electron chi connectivity index (χ2n) is 6.45. The maximum Gasteiger partial charge on any atom is 0.133 e. The van der Waals surface area contributed by atoms with Gasteiger partial charge in [0.1, 0.15) is 23.1 Å². The van der Waals surface area contributed by atoms with Crippen molar-refractivity contribution in [2.24, 2.45) is 0 Å². The van der Waals surface area contributed by atoms with Crippen molar-refractivity contribution < 1.29 is 4.74 Å². The third kappa shape index (κ3) is 3.72. The lowest BCUT2D eigenvalue weighted by Gasteiger charge is -2.25. The summed E-state index contributed by atoms with van der Waals surface area (Å²) in [5.41, 5.74) is 1.22. The number of para-hydroxylation sites is 1. The largest absolute Gasteiger partial charge is 0.457 e. The molecule has 0 spiro atoms.